The number of rotatable bonds is 4. The zero-order valence-corrected chi connectivity index (χ0v) is 17.8. The van der Waals surface area contributed by atoms with E-state index in [0.29, 0.717) is 16.6 Å². The van der Waals surface area contributed by atoms with E-state index in [0.717, 1.165) is 17.8 Å². The number of amides is 1. The number of hydrogen-bond acceptors (Lipinski definition) is 2. The van der Waals surface area contributed by atoms with Crippen molar-refractivity contribution >= 4 is 22.5 Å². The summed E-state index contributed by atoms with van der Waals surface area (Å²) < 4.78 is 17.2. The van der Waals surface area contributed by atoms with Crippen LogP contribution in [-0.2, 0) is 11.3 Å². The van der Waals surface area contributed by atoms with Crippen LogP contribution in [0, 0.1) is 29.0 Å². The molecule has 5 nitrogen and oxygen atoms in total. The number of benzene rings is 1. The van der Waals surface area contributed by atoms with Gasteiger partial charge in [-0.2, -0.15) is 0 Å². The number of hydrogen-bond donors (Lipinski definition) is 1. The monoisotopic (exact) mass is 421 g/mol. The molecule has 0 saturated heterocycles. The third-order valence-corrected chi connectivity index (χ3v) is 8.38. The van der Waals surface area contributed by atoms with Gasteiger partial charge in [-0.1, -0.05) is 0 Å². The minimum atomic E-state index is -0.422. The van der Waals surface area contributed by atoms with Crippen molar-refractivity contribution in [3.8, 4) is 0 Å². The number of carbonyl (C=O) groups is 1. The first-order valence-corrected chi connectivity index (χ1v) is 11.5. The lowest BCUT2D eigenvalue weighted by molar-refractivity contribution is -0.126. The normalized spacial score (nSPS) is 30.2. The van der Waals surface area contributed by atoms with E-state index >= 15 is 0 Å². The van der Waals surface area contributed by atoms with Crippen LogP contribution in [0.1, 0.15) is 45.4 Å². The first-order valence-electron chi connectivity index (χ1n) is 11.5. The summed E-state index contributed by atoms with van der Waals surface area (Å²) in [6, 6.07) is 7.99. The highest BCUT2D eigenvalue weighted by Crippen LogP contribution is 2.61. The van der Waals surface area contributed by atoms with Gasteiger partial charge in [0.25, 0.3) is 5.56 Å². The number of fused-ring (bicyclic) bond motifs is 3. The second-order valence-corrected chi connectivity index (χ2v) is 10.4. The molecule has 4 aliphatic rings. The molecule has 0 aliphatic heterocycles. The molecule has 1 N–H and O–H groups in total. The zero-order valence-electron chi connectivity index (χ0n) is 17.8. The van der Waals surface area contributed by atoms with Gasteiger partial charge in [-0.15, -0.1) is 0 Å². The lowest BCUT2D eigenvalue weighted by atomic mass is 9.48. The lowest BCUT2D eigenvalue weighted by Gasteiger charge is -2.59. The summed E-state index contributed by atoms with van der Waals surface area (Å²) in [7, 11) is 0. The van der Waals surface area contributed by atoms with Crippen molar-refractivity contribution in [3.63, 3.8) is 0 Å². The third-order valence-electron chi connectivity index (χ3n) is 8.38. The molecular weight excluding hydrogens is 393 g/mol. The van der Waals surface area contributed by atoms with E-state index < -0.39 is 5.82 Å². The van der Waals surface area contributed by atoms with Crippen LogP contribution in [0.3, 0.4) is 0 Å². The number of halogens is 1. The average molecular weight is 422 g/mol. The van der Waals surface area contributed by atoms with Crippen LogP contribution in [0.15, 0.2) is 41.3 Å². The summed E-state index contributed by atoms with van der Waals surface area (Å²) in [6.45, 7) is 2.04. The maximum Gasteiger partial charge on any atom is 0.275 e. The van der Waals surface area contributed by atoms with E-state index in [-0.39, 0.29) is 29.5 Å². The molecule has 0 unspecified atom stereocenters. The molecule has 4 bridgehead atoms. The summed E-state index contributed by atoms with van der Waals surface area (Å²) in [6.07, 6.45) is 9.52. The average Bonchev–Trinajstić information content (AvgIpc) is 3.20. The van der Waals surface area contributed by atoms with Gasteiger partial charge >= 0.3 is 0 Å². The molecule has 1 amide bonds. The molecule has 1 aromatic carbocycles. The SMILES string of the molecule is C[C@H](NC(=O)Cn1c(=O)c2cccn2c2ccc(F)cc21)C12CC3CC(CC(C3)C1)C2. The van der Waals surface area contributed by atoms with Crippen molar-refractivity contribution in [2.45, 2.75) is 58.0 Å². The van der Waals surface area contributed by atoms with Crippen molar-refractivity contribution < 1.29 is 9.18 Å². The Morgan fingerprint density at radius 1 is 1.10 bits per heavy atom. The highest BCUT2D eigenvalue weighted by molar-refractivity contribution is 5.82. The quantitative estimate of drug-likeness (QED) is 0.689. The van der Waals surface area contributed by atoms with Crippen molar-refractivity contribution in [3.05, 3.63) is 52.7 Å². The molecule has 0 spiro atoms. The van der Waals surface area contributed by atoms with Crippen LogP contribution in [-0.4, -0.2) is 20.9 Å². The van der Waals surface area contributed by atoms with Gasteiger partial charge in [-0.05, 0) is 98.9 Å². The van der Waals surface area contributed by atoms with Gasteiger partial charge in [0.1, 0.15) is 17.9 Å². The van der Waals surface area contributed by atoms with Crippen molar-refractivity contribution in [1.82, 2.24) is 14.3 Å². The Kier molecular flexibility index (Phi) is 4.11. The second-order valence-electron chi connectivity index (χ2n) is 10.4. The van der Waals surface area contributed by atoms with Gasteiger partial charge in [0.05, 0.1) is 11.0 Å². The highest BCUT2D eigenvalue weighted by atomic mass is 19.1. The minimum absolute atomic E-state index is 0.0872. The minimum Gasteiger partial charge on any atom is -0.352 e. The molecule has 4 fully saturated rings. The Balaban J connectivity index is 1.30. The van der Waals surface area contributed by atoms with E-state index in [9.17, 15) is 14.0 Å². The van der Waals surface area contributed by atoms with E-state index in [1.165, 1.54) is 55.2 Å². The number of nitrogens with zero attached hydrogens (tertiary/aromatic N) is 2. The molecule has 2 heterocycles. The number of nitrogens with one attached hydrogen (secondary N) is 1. The van der Waals surface area contributed by atoms with Crippen LogP contribution >= 0.6 is 0 Å². The van der Waals surface area contributed by atoms with E-state index in [1.807, 2.05) is 0 Å². The Morgan fingerprint density at radius 3 is 2.45 bits per heavy atom. The highest BCUT2D eigenvalue weighted by Gasteiger charge is 2.53. The molecule has 0 radical (unpaired) electrons. The third kappa shape index (κ3) is 2.94. The van der Waals surface area contributed by atoms with E-state index in [1.54, 1.807) is 28.8 Å². The van der Waals surface area contributed by atoms with E-state index in [2.05, 4.69) is 12.2 Å². The summed E-state index contributed by atoms with van der Waals surface area (Å²) >= 11 is 0. The molecule has 6 heteroatoms. The standard InChI is InChI=1S/C25H28FN3O2/c1-15(25-11-16-7-17(12-25)9-18(8-16)13-25)27-23(30)14-29-22-10-19(26)4-5-20(22)28-6-2-3-21(28)24(29)31/h2-6,10,15-18H,7-9,11-14H2,1H3,(H,27,30)/t15-,16?,17?,18?,25?/m0/s1. The van der Waals surface area contributed by atoms with Crippen molar-refractivity contribution in [2.75, 3.05) is 0 Å². The molecular formula is C25H28FN3O2. The molecule has 3 aromatic rings. The fourth-order valence-electron chi connectivity index (χ4n) is 7.38. The number of carbonyl (C=O) groups excluding carboxylic acids is 1. The molecule has 7 rings (SSSR count). The lowest BCUT2D eigenvalue weighted by Crippen LogP contribution is -2.56. The van der Waals surface area contributed by atoms with Crippen LogP contribution in [0.25, 0.3) is 16.6 Å². The zero-order chi connectivity index (χ0) is 21.3. The Morgan fingerprint density at radius 2 is 1.77 bits per heavy atom. The molecule has 162 valence electrons. The van der Waals surface area contributed by atoms with Gasteiger partial charge in [0.2, 0.25) is 5.91 Å². The van der Waals surface area contributed by atoms with Gasteiger partial charge in [-0.25, -0.2) is 4.39 Å². The molecule has 31 heavy (non-hydrogen) atoms. The Labute approximate surface area is 180 Å². The molecule has 4 saturated carbocycles. The van der Waals surface area contributed by atoms with Gasteiger partial charge < -0.3 is 9.72 Å². The molecule has 2 aromatic heterocycles. The Hall–Kier alpha value is -2.63. The summed E-state index contributed by atoms with van der Waals surface area (Å²) in [5.74, 6) is 1.85. The van der Waals surface area contributed by atoms with Gasteiger partial charge in [0, 0.05) is 12.2 Å². The Bertz CT molecular complexity index is 1220. The fraction of sp³-hybridized carbons (Fsp3) is 0.520. The summed E-state index contributed by atoms with van der Waals surface area (Å²) in [5.41, 5.74) is 1.56. The summed E-state index contributed by atoms with van der Waals surface area (Å²) in [5, 5.41) is 3.23. The van der Waals surface area contributed by atoms with Crippen LogP contribution in [0.2, 0.25) is 0 Å². The van der Waals surface area contributed by atoms with Crippen LogP contribution in [0.5, 0.6) is 0 Å². The molecule has 4 aliphatic carbocycles. The van der Waals surface area contributed by atoms with Gasteiger partial charge in [-0.3, -0.25) is 14.2 Å². The molecule has 1 atom stereocenters. The second kappa shape index (κ2) is 6.68. The van der Waals surface area contributed by atoms with E-state index in [4.69, 9.17) is 0 Å². The first-order chi connectivity index (χ1) is 14.9. The smallest absolute Gasteiger partial charge is 0.275 e. The maximum absolute atomic E-state index is 14.0. The van der Waals surface area contributed by atoms with Crippen molar-refractivity contribution in [2.24, 2.45) is 23.2 Å². The van der Waals surface area contributed by atoms with Crippen LogP contribution in [0.4, 0.5) is 4.39 Å². The van der Waals surface area contributed by atoms with Gasteiger partial charge in [0.15, 0.2) is 0 Å². The topological polar surface area (TPSA) is 55.5 Å². The largest absolute Gasteiger partial charge is 0.352 e. The summed E-state index contributed by atoms with van der Waals surface area (Å²) in [4.78, 5) is 26.2. The van der Waals surface area contributed by atoms with Crippen LogP contribution < -0.4 is 10.9 Å². The fourth-order valence-corrected chi connectivity index (χ4v) is 7.38. The number of aromatic nitrogens is 2. The van der Waals surface area contributed by atoms with Crippen molar-refractivity contribution in [1.29, 1.82) is 0 Å². The predicted octanol–water partition coefficient (Wildman–Crippen LogP) is 4.11. The maximum atomic E-state index is 14.0. The predicted molar refractivity (Wildman–Crippen MR) is 117 cm³/mol. The first kappa shape index (κ1) is 19.1.